The summed E-state index contributed by atoms with van der Waals surface area (Å²) in [6.45, 7) is 1.43. The zero-order valence-corrected chi connectivity index (χ0v) is 12.5. The van der Waals surface area contributed by atoms with Crippen LogP contribution in [0.3, 0.4) is 0 Å². The molecule has 4 heteroatoms. The molecule has 1 N–H and O–H groups in total. The Bertz CT molecular complexity index is 414. The second kappa shape index (κ2) is 5.80. The third-order valence-corrected chi connectivity index (χ3v) is 4.30. The van der Waals surface area contributed by atoms with E-state index in [1.165, 1.54) is 37.8 Å². The van der Waals surface area contributed by atoms with Gasteiger partial charge in [-0.15, -0.1) is 0 Å². The van der Waals surface area contributed by atoms with Crippen LogP contribution in [-0.4, -0.2) is 19.2 Å². The van der Waals surface area contributed by atoms with Gasteiger partial charge in [-0.1, -0.05) is 15.9 Å². The van der Waals surface area contributed by atoms with Crippen LogP contribution in [0.25, 0.3) is 0 Å². The van der Waals surface area contributed by atoms with Crippen molar-refractivity contribution >= 4 is 15.9 Å². The Labute approximate surface area is 121 Å². The molecule has 0 aromatic heterocycles. The zero-order valence-electron chi connectivity index (χ0n) is 10.9. The molecule has 0 heterocycles. The number of hydrogen-bond donors (Lipinski definition) is 1. The highest BCUT2D eigenvalue weighted by molar-refractivity contribution is 9.10. The van der Waals surface area contributed by atoms with Gasteiger partial charge in [0.15, 0.2) is 0 Å². The summed E-state index contributed by atoms with van der Waals surface area (Å²) in [4.78, 5) is 0. The number of nitrogens with one attached hydrogen (secondary N) is 1. The standard InChI is InChI=1S/C15H19BrFNO/c16-12-7-13(17)9-14(8-12)19-6-5-18-15(10-1-2-10)11-3-4-11/h7-11,15,18H,1-6H2. The summed E-state index contributed by atoms with van der Waals surface area (Å²) >= 11 is 3.26. The molecule has 2 saturated carbocycles. The van der Waals surface area contributed by atoms with E-state index in [1.54, 1.807) is 6.07 Å². The minimum atomic E-state index is -0.272. The van der Waals surface area contributed by atoms with E-state index in [2.05, 4.69) is 21.2 Å². The molecule has 2 nitrogen and oxygen atoms in total. The van der Waals surface area contributed by atoms with Crippen LogP contribution in [0, 0.1) is 17.7 Å². The number of halogens is 2. The van der Waals surface area contributed by atoms with Crippen LogP contribution < -0.4 is 10.1 Å². The van der Waals surface area contributed by atoms with Gasteiger partial charge in [0, 0.05) is 23.1 Å². The molecule has 19 heavy (non-hydrogen) atoms. The normalized spacial score (nSPS) is 18.9. The lowest BCUT2D eigenvalue weighted by Gasteiger charge is -2.17. The number of rotatable bonds is 7. The molecule has 2 fully saturated rings. The summed E-state index contributed by atoms with van der Waals surface area (Å²) in [5.74, 6) is 2.11. The van der Waals surface area contributed by atoms with Crippen molar-refractivity contribution in [3.8, 4) is 5.75 Å². The zero-order chi connectivity index (χ0) is 13.2. The number of hydrogen-bond acceptors (Lipinski definition) is 2. The van der Waals surface area contributed by atoms with Crippen LogP contribution in [-0.2, 0) is 0 Å². The van der Waals surface area contributed by atoms with Crippen molar-refractivity contribution < 1.29 is 9.13 Å². The van der Waals surface area contributed by atoms with Crippen LogP contribution in [0.5, 0.6) is 5.75 Å². The molecule has 0 saturated heterocycles. The quantitative estimate of drug-likeness (QED) is 0.770. The van der Waals surface area contributed by atoms with Crippen LogP contribution in [0.1, 0.15) is 25.7 Å². The lowest BCUT2D eigenvalue weighted by molar-refractivity contribution is 0.292. The van der Waals surface area contributed by atoms with Gasteiger partial charge in [0.1, 0.15) is 18.2 Å². The van der Waals surface area contributed by atoms with Crippen molar-refractivity contribution in [3.63, 3.8) is 0 Å². The Morgan fingerprint density at radius 1 is 1.21 bits per heavy atom. The predicted octanol–water partition coefficient (Wildman–Crippen LogP) is 3.75. The molecule has 0 amide bonds. The average Bonchev–Trinajstić information content (AvgIpc) is 3.22. The monoisotopic (exact) mass is 327 g/mol. The summed E-state index contributed by atoms with van der Waals surface area (Å²) < 4.78 is 19.5. The molecule has 2 aliphatic carbocycles. The predicted molar refractivity (Wildman–Crippen MR) is 76.8 cm³/mol. The van der Waals surface area contributed by atoms with Crippen LogP contribution in [0.2, 0.25) is 0 Å². The van der Waals surface area contributed by atoms with Crippen molar-refractivity contribution in [3.05, 3.63) is 28.5 Å². The van der Waals surface area contributed by atoms with Crippen molar-refractivity contribution in [1.82, 2.24) is 5.32 Å². The van der Waals surface area contributed by atoms with Gasteiger partial charge in [-0.2, -0.15) is 0 Å². The van der Waals surface area contributed by atoms with Gasteiger partial charge in [0.05, 0.1) is 0 Å². The van der Waals surface area contributed by atoms with Crippen LogP contribution in [0.15, 0.2) is 22.7 Å². The second-order valence-electron chi connectivity index (χ2n) is 5.61. The third kappa shape index (κ3) is 3.93. The van der Waals surface area contributed by atoms with Crippen molar-refractivity contribution in [2.24, 2.45) is 11.8 Å². The van der Waals surface area contributed by atoms with E-state index in [0.717, 1.165) is 18.4 Å². The Hall–Kier alpha value is -0.610. The molecular weight excluding hydrogens is 309 g/mol. The fraction of sp³-hybridized carbons (Fsp3) is 0.600. The Morgan fingerprint density at radius 3 is 2.47 bits per heavy atom. The van der Waals surface area contributed by atoms with Crippen molar-refractivity contribution in [1.29, 1.82) is 0 Å². The molecular formula is C15H19BrFNO. The molecule has 1 aromatic rings. The van der Waals surface area contributed by atoms with Gasteiger partial charge < -0.3 is 10.1 Å². The maximum absolute atomic E-state index is 13.2. The minimum Gasteiger partial charge on any atom is -0.492 e. The molecule has 0 bridgehead atoms. The fourth-order valence-electron chi connectivity index (χ4n) is 2.64. The van der Waals surface area contributed by atoms with Gasteiger partial charge in [0.2, 0.25) is 0 Å². The van der Waals surface area contributed by atoms with Gasteiger partial charge >= 0.3 is 0 Å². The highest BCUT2D eigenvalue weighted by atomic mass is 79.9. The highest BCUT2D eigenvalue weighted by Crippen LogP contribution is 2.44. The maximum atomic E-state index is 13.2. The fourth-order valence-corrected chi connectivity index (χ4v) is 3.08. The molecule has 104 valence electrons. The lowest BCUT2D eigenvalue weighted by atomic mass is 10.1. The van der Waals surface area contributed by atoms with Gasteiger partial charge in [-0.25, -0.2) is 4.39 Å². The Morgan fingerprint density at radius 2 is 1.89 bits per heavy atom. The average molecular weight is 328 g/mol. The summed E-state index contributed by atoms with van der Waals surface area (Å²) in [6, 6.07) is 5.34. The first-order chi connectivity index (χ1) is 9.22. The first kappa shape index (κ1) is 13.4. The van der Waals surface area contributed by atoms with Crippen molar-refractivity contribution in [2.75, 3.05) is 13.2 Å². The molecule has 0 atom stereocenters. The van der Waals surface area contributed by atoms with Crippen LogP contribution >= 0.6 is 15.9 Å². The smallest absolute Gasteiger partial charge is 0.128 e. The third-order valence-electron chi connectivity index (χ3n) is 3.85. The molecule has 0 unspecified atom stereocenters. The molecule has 0 aliphatic heterocycles. The molecule has 0 spiro atoms. The van der Waals surface area contributed by atoms with E-state index >= 15 is 0 Å². The Kier molecular flexibility index (Phi) is 4.08. The van der Waals surface area contributed by atoms with E-state index in [1.807, 2.05) is 0 Å². The van der Waals surface area contributed by atoms with Crippen LogP contribution in [0.4, 0.5) is 4.39 Å². The maximum Gasteiger partial charge on any atom is 0.128 e. The van der Waals surface area contributed by atoms with Gasteiger partial charge in [-0.05, 0) is 49.7 Å². The SMILES string of the molecule is Fc1cc(Br)cc(OCCNC(C2CC2)C2CC2)c1. The van der Waals surface area contributed by atoms with E-state index < -0.39 is 0 Å². The van der Waals surface area contributed by atoms with Gasteiger partial charge in [-0.3, -0.25) is 0 Å². The summed E-state index contributed by atoms with van der Waals surface area (Å²) in [5.41, 5.74) is 0. The summed E-state index contributed by atoms with van der Waals surface area (Å²) in [5, 5.41) is 3.61. The molecule has 0 radical (unpaired) electrons. The lowest BCUT2D eigenvalue weighted by Crippen LogP contribution is -2.36. The molecule has 2 aliphatic rings. The molecule has 1 aromatic carbocycles. The first-order valence-corrected chi connectivity index (χ1v) is 7.84. The minimum absolute atomic E-state index is 0.272. The Balaban J connectivity index is 1.42. The largest absolute Gasteiger partial charge is 0.492 e. The van der Waals surface area contributed by atoms with E-state index in [-0.39, 0.29) is 5.82 Å². The first-order valence-electron chi connectivity index (χ1n) is 7.04. The van der Waals surface area contributed by atoms with E-state index in [0.29, 0.717) is 22.9 Å². The topological polar surface area (TPSA) is 21.3 Å². The second-order valence-corrected chi connectivity index (χ2v) is 6.52. The van der Waals surface area contributed by atoms with E-state index in [4.69, 9.17) is 4.74 Å². The highest BCUT2D eigenvalue weighted by Gasteiger charge is 2.40. The van der Waals surface area contributed by atoms with Gasteiger partial charge in [0.25, 0.3) is 0 Å². The van der Waals surface area contributed by atoms with E-state index in [9.17, 15) is 4.39 Å². The van der Waals surface area contributed by atoms with Crippen molar-refractivity contribution in [2.45, 2.75) is 31.7 Å². The summed E-state index contributed by atoms with van der Waals surface area (Å²) in [7, 11) is 0. The molecule has 3 rings (SSSR count). The number of ether oxygens (including phenoxy) is 1. The summed E-state index contributed by atoms with van der Waals surface area (Å²) in [6.07, 6.45) is 5.52. The number of benzene rings is 1.